The Morgan fingerprint density at radius 1 is 1.32 bits per heavy atom. The summed E-state index contributed by atoms with van der Waals surface area (Å²) in [7, 11) is 3.22. The van der Waals surface area contributed by atoms with Crippen LogP contribution in [-0.4, -0.2) is 39.0 Å². The Balaban J connectivity index is 2.21. The predicted octanol–water partition coefficient (Wildman–Crippen LogP) is 1.49. The molecule has 0 saturated carbocycles. The lowest BCUT2D eigenvalue weighted by molar-refractivity contribution is 0.263. The molecule has 0 amide bonds. The lowest BCUT2D eigenvalue weighted by Gasteiger charge is -2.22. The van der Waals surface area contributed by atoms with Gasteiger partial charge in [-0.3, -0.25) is 0 Å². The number of nitrogen functional groups attached to an aromatic ring is 1. The fraction of sp³-hybridized carbons (Fsp3) is 0.571. The second-order valence-electron chi connectivity index (χ2n) is 4.88. The number of nitrogens with zero attached hydrogens (tertiary/aromatic N) is 1. The monoisotopic (exact) mass is 266 g/mol. The maximum Gasteiger partial charge on any atom is 0.162 e. The summed E-state index contributed by atoms with van der Waals surface area (Å²) in [6, 6.07) is 3.73. The van der Waals surface area contributed by atoms with Crippen molar-refractivity contribution < 1.29 is 14.6 Å². The summed E-state index contributed by atoms with van der Waals surface area (Å²) in [5, 5.41) is 9.01. The Bertz CT molecular complexity index is 437. The molecule has 5 nitrogen and oxygen atoms in total. The van der Waals surface area contributed by atoms with Crippen LogP contribution in [0.25, 0.3) is 0 Å². The van der Waals surface area contributed by atoms with Gasteiger partial charge in [-0.05, 0) is 18.8 Å². The molecule has 106 valence electrons. The molecule has 19 heavy (non-hydrogen) atoms. The summed E-state index contributed by atoms with van der Waals surface area (Å²) in [5.74, 6) is 1.88. The molecular formula is C14H22N2O3. The van der Waals surface area contributed by atoms with Crippen LogP contribution in [0.4, 0.5) is 11.4 Å². The molecule has 1 aliphatic rings. The molecule has 1 fully saturated rings. The first kappa shape index (κ1) is 13.8. The minimum absolute atomic E-state index is 0.250. The van der Waals surface area contributed by atoms with Gasteiger partial charge in [-0.25, -0.2) is 0 Å². The van der Waals surface area contributed by atoms with E-state index in [9.17, 15) is 0 Å². The molecule has 1 unspecified atom stereocenters. The molecule has 1 aromatic rings. The van der Waals surface area contributed by atoms with Gasteiger partial charge < -0.3 is 25.2 Å². The Labute approximate surface area is 113 Å². The number of benzene rings is 1. The van der Waals surface area contributed by atoms with Gasteiger partial charge in [-0.2, -0.15) is 0 Å². The molecule has 1 aromatic carbocycles. The van der Waals surface area contributed by atoms with E-state index >= 15 is 0 Å². The zero-order valence-corrected chi connectivity index (χ0v) is 11.6. The first-order chi connectivity index (χ1) is 9.19. The summed E-state index contributed by atoms with van der Waals surface area (Å²) in [5.41, 5.74) is 7.77. The van der Waals surface area contributed by atoms with E-state index in [-0.39, 0.29) is 6.61 Å². The van der Waals surface area contributed by atoms with Crippen LogP contribution >= 0.6 is 0 Å². The topological polar surface area (TPSA) is 68.0 Å². The maximum absolute atomic E-state index is 9.01. The molecule has 5 heteroatoms. The van der Waals surface area contributed by atoms with Crippen LogP contribution in [0, 0.1) is 5.92 Å². The van der Waals surface area contributed by atoms with E-state index in [4.69, 9.17) is 20.3 Å². The number of methoxy groups -OCH3 is 2. The quantitative estimate of drug-likeness (QED) is 0.790. The van der Waals surface area contributed by atoms with E-state index in [0.29, 0.717) is 23.1 Å². The van der Waals surface area contributed by atoms with E-state index in [1.807, 2.05) is 6.07 Å². The number of anilines is 2. The van der Waals surface area contributed by atoms with Crippen molar-refractivity contribution in [1.29, 1.82) is 0 Å². The Hall–Kier alpha value is -1.62. The number of nitrogens with two attached hydrogens (primary N) is 1. The van der Waals surface area contributed by atoms with Crippen LogP contribution < -0.4 is 20.1 Å². The smallest absolute Gasteiger partial charge is 0.162 e. The molecule has 0 radical (unpaired) electrons. The number of aliphatic hydroxyl groups is 1. The summed E-state index contributed by atoms with van der Waals surface area (Å²) in [6.07, 6.45) is 1.94. The van der Waals surface area contributed by atoms with E-state index in [0.717, 1.165) is 31.6 Å². The molecule has 1 atom stereocenters. The first-order valence-electron chi connectivity index (χ1n) is 6.57. The van der Waals surface area contributed by atoms with Crippen molar-refractivity contribution in [1.82, 2.24) is 0 Å². The van der Waals surface area contributed by atoms with E-state index in [1.54, 1.807) is 20.3 Å². The highest BCUT2D eigenvalue weighted by molar-refractivity contribution is 5.73. The predicted molar refractivity (Wildman–Crippen MR) is 76.0 cm³/mol. The molecule has 0 aromatic heterocycles. The standard InChI is InChI=1S/C14H22N2O3/c1-18-13-7-11(15)12(8-14(13)19-2)16-5-3-10(9-16)4-6-17/h7-8,10,17H,3-6,9,15H2,1-2H3. The van der Waals surface area contributed by atoms with Crippen LogP contribution in [0.5, 0.6) is 11.5 Å². The molecule has 0 spiro atoms. The van der Waals surface area contributed by atoms with Crippen LogP contribution in [0.1, 0.15) is 12.8 Å². The van der Waals surface area contributed by atoms with Crippen LogP contribution in [0.3, 0.4) is 0 Å². The molecule has 0 aliphatic carbocycles. The Kier molecular flexibility index (Phi) is 4.37. The fourth-order valence-corrected chi connectivity index (χ4v) is 2.63. The first-order valence-corrected chi connectivity index (χ1v) is 6.57. The van der Waals surface area contributed by atoms with Gasteiger partial charge in [-0.15, -0.1) is 0 Å². The van der Waals surface area contributed by atoms with Crippen molar-refractivity contribution in [3.63, 3.8) is 0 Å². The lowest BCUT2D eigenvalue weighted by Crippen LogP contribution is -2.21. The van der Waals surface area contributed by atoms with Gasteiger partial charge in [0, 0.05) is 31.8 Å². The van der Waals surface area contributed by atoms with Gasteiger partial charge in [0.2, 0.25) is 0 Å². The third kappa shape index (κ3) is 2.87. The number of hydrogen-bond acceptors (Lipinski definition) is 5. The summed E-state index contributed by atoms with van der Waals surface area (Å²) in [6.45, 7) is 2.14. The molecule has 1 aliphatic heterocycles. The van der Waals surface area contributed by atoms with Gasteiger partial charge in [0.25, 0.3) is 0 Å². The third-order valence-electron chi connectivity index (χ3n) is 3.70. The molecule has 1 heterocycles. The molecule has 1 saturated heterocycles. The number of ether oxygens (including phenoxy) is 2. The number of aliphatic hydroxyl groups excluding tert-OH is 1. The van der Waals surface area contributed by atoms with Crippen molar-refractivity contribution in [3.8, 4) is 11.5 Å². The van der Waals surface area contributed by atoms with Crippen molar-refractivity contribution in [2.45, 2.75) is 12.8 Å². The molecule has 3 N–H and O–H groups in total. The summed E-state index contributed by atoms with van der Waals surface area (Å²) >= 11 is 0. The number of rotatable bonds is 5. The highest BCUT2D eigenvalue weighted by Crippen LogP contribution is 2.38. The largest absolute Gasteiger partial charge is 0.493 e. The van der Waals surface area contributed by atoms with Crippen molar-refractivity contribution in [2.75, 3.05) is 44.5 Å². The average molecular weight is 266 g/mol. The van der Waals surface area contributed by atoms with Crippen LogP contribution in [0.2, 0.25) is 0 Å². The van der Waals surface area contributed by atoms with Crippen LogP contribution in [-0.2, 0) is 0 Å². The van der Waals surface area contributed by atoms with Gasteiger partial charge in [-0.1, -0.05) is 0 Å². The third-order valence-corrected chi connectivity index (χ3v) is 3.70. The molecule has 0 bridgehead atoms. The average Bonchev–Trinajstić information content (AvgIpc) is 2.87. The Morgan fingerprint density at radius 3 is 2.63 bits per heavy atom. The summed E-state index contributed by atoms with van der Waals surface area (Å²) < 4.78 is 10.6. The van der Waals surface area contributed by atoms with Crippen LogP contribution in [0.15, 0.2) is 12.1 Å². The van der Waals surface area contributed by atoms with E-state index in [2.05, 4.69) is 4.90 Å². The maximum atomic E-state index is 9.01. The summed E-state index contributed by atoms with van der Waals surface area (Å²) in [4.78, 5) is 2.25. The zero-order chi connectivity index (χ0) is 13.8. The number of hydrogen-bond donors (Lipinski definition) is 2. The lowest BCUT2D eigenvalue weighted by atomic mass is 10.1. The van der Waals surface area contributed by atoms with Crippen molar-refractivity contribution in [3.05, 3.63) is 12.1 Å². The van der Waals surface area contributed by atoms with Gasteiger partial charge in [0.05, 0.1) is 25.6 Å². The van der Waals surface area contributed by atoms with Gasteiger partial charge in [0.15, 0.2) is 11.5 Å². The zero-order valence-electron chi connectivity index (χ0n) is 11.6. The second-order valence-corrected chi connectivity index (χ2v) is 4.88. The molecule has 2 rings (SSSR count). The normalized spacial score (nSPS) is 18.7. The fourth-order valence-electron chi connectivity index (χ4n) is 2.63. The van der Waals surface area contributed by atoms with Crippen molar-refractivity contribution in [2.24, 2.45) is 5.92 Å². The highest BCUT2D eigenvalue weighted by Gasteiger charge is 2.24. The Morgan fingerprint density at radius 2 is 2.00 bits per heavy atom. The van der Waals surface area contributed by atoms with Gasteiger partial charge >= 0.3 is 0 Å². The van der Waals surface area contributed by atoms with E-state index in [1.165, 1.54) is 0 Å². The minimum atomic E-state index is 0.250. The van der Waals surface area contributed by atoms with Gasteiger partial charge in [0.1, 0.15) is 0 Å². The van der Waals surface area contributed by atoms with E-state index < -0.39 is 0 Å². The molecular weight excluding hydrogens is 244 g/mol. The minimum Gasteiger partial charge on any atom is -0.493 e. The highest BCUT2D eigenvalue weighted by atomic mass is 16.5. The second kappa shape index (κ2) is 6.02. The SMILES string of the molecule is COc1cc(N)c(N2CCC(CCO)C2)cc1OC. The van der Waals surface area contributed by atoms with Crippen molar-refractivity contribution >= 4 is 11.4 Å².